The summed E-state index contributed by atoms with van der Waals surface area (Å²) in [6.45, 7) is 3.78. The van der Waals surface area contributed by atoms with Crippen molar-refractivity contribution in [3.05, 3.63) is 29.8 Å². The maximum Gasteiger partial charge on any atom is 0.341 e. The van der Waals surface area contributed by atoms with Crippen molar-refractivity contribution in [3.63, 3.8) is 0 Å². The number of phenolic OH excluding ortho intramolecular Hbond substituents is 2. The first-order valence-electron chi connectivity index (χ1n) is 11.5. The first-order valence-corrected chi connectivity index (χ1v) is 11.5. The highest BCUT2D eigenvalue weighted by Gasteiger charge is 2.76. The quantitative estimate of drug-likeness (QED) is 0.378. The Balaban J connectivity index is 1.37. The van der Waals surface area contributed by atoms with Crippen LogP contribution in [-0.2, 0) is 19.1 Å². The Morgan fingerprint density at radius 2 is 2.00 bits per heavy atom. The molecule has 4 bridgehead atoms. The fourth-order valence-corrected chi connectivity index (χ4v) is 7.15. The van der Waals surface area contributed by atoms with Crippen LogP contribution < -0.4 is 5.32 Å². The van der Waals surface area contributed by atoms with E-state index in [1.165, 1.54) is 12.1 Å². The zero-order valence-electron chi connectivity index (χ0n) is 19.3. The summed E-state index contributed by atoms with van der Waals surface area (Å²) in [5.74, 6) is -2.48. The van der Waals surface area contributed by atoms with Crippen molar-refractivity contribution in [2.24, 2.45) is 22.7 Å². The number of ether oxygens (including phenoxy) is 2. The smallest absolute Gasteiger partial charge is 0.341 e. The Labute approximate surface area is 196 Å². The van der Waals surface area contributed by atoms with E-state index >= 15 is 0 Å². The van der Waals surface area contributed by atoms with Gasteiger partial charge in [0.25, 0.3) is 0 Å². The molecule has 1 unspecified atom stereocenters. The third-order valence-corrected chi connectivity index (χ3v) is 8.83. The van der Waals surface area contributed by atoms with Gasteiger partial charge in [-0.1, -0.05) is 13.0 Å². The molecule has 9 nitrogen and oxygen atoms in total. The lowest BCUT2D eigenvalue weighted by atomic mass is 9.50. The van der Waals surface area contributed by atoms with Crippen molar-refractivity contribution in [3.8, 4) is 11.5 Å². The summed E-state index contributed by atoms with van der Waals surface area (Å²) in [6.07, 6.45) is 4.18. The van der Waals surface area contributed by atoms with Gasteiger partial charge in [0, 0.05) is 23.2 Å². The number of aliphatic hydroxyl groups is 1. The number of amides is 1. The van der Waals surface area contributed by atoms with Crippen LogP contribution in [-0.4, -0.2) is 57.9 Å². The van der Waals surface area contributed by atoms with E-state index < -0.39 is 45.9 Å². The second-order valence-corrected chi connectivity index (χ2v) is 10.5. The number of hydrogen-bond donors (Lipinski definition) is 4. The van der Waals surface area contributed by atoms with Crippen LogP contribution in [0, 0.1) is 22.7 Å². The normalized spacial score (nSPS) is 39.2. The standard InChI is InChI=1S/C25H29NO8/c1-23(8-7-17(29)26-18-14(27)5-4-13(19(18)30)21(31)33-3)16(28)6-9-25-11-12-10-15(20(23)25)34-24(12,2)22(25)32/h4-6,9,12,15,20,22,27,30,32H,7-8,10-11H2,1-3H3,(H,26,29)/t12-,15+,20?,22+,23-,24-,25-/m1/s1. The van der Waals surface area contributed by atoms with Gasteiger partial charge in [0.2, 0.25) is 5.91 Å². The lowest BCUT2D eigenvalue weighted by molar-refractivity contribution is -0.219. The van der Waals surface area contributed by atoms with E-state index in [0.29, 0.717) is 0 Å². The number of esters is 1. The molecule has 1 aromatic carbocycles. The Kier molecular flexibility index (Phi) is 4.90. The van der Waals surface area contributed by atoms with Gasteiger partial charge in [-0.15, -0.1) is 0 Å². The van der Waals surface area contributed by atoms with Crippen LogP contribution in [0.5, 0.6) is 11.5 Å². The Morgan fingerprint density at radius 1 is 1.26 bits per heavy atom. The second kappa shape index (κ2) is 7.29. The van der Waals surface area contributed by atoms with Gasteiger partial charge in [-0.05, 0) is 50.3 Å². The van der Waals surface area contributed by atoms with E-state index in [9.17, 15) is 29.7 Å². The van der Waals surface area contributed by atoms with E-state index in [1.54, 1.807) is 6.08 Å². The van der Waals surface area contributed by atoms with Crippen LogP contribution in [0.15, 0.2) is 24.3 Å². The lowest BCUT2D eigenvalue weighted by Gasteiger charge is -2.57. The molecule has 182 valence electrons. The van der Waals surface area contributed by atoms with Crippen LogP contribution in [0.3, 0.4) is 0 Å². The summed E-state index contributed by atoms with van der Waals surface area (Å²) in [6, 6.07) is 2.36. The van der Waals surface area contributed by atoms with E-state index in [2.05, 4.69) is 10.1 Å². The van der Waals surface area contributed by atoms with Crippen molar-refractivity contribution in [2.75, 3.05) is 12.4 Å². The summed E-state index contributed by atoms with van der Waals surface area (Å²) in [4.78, 5) is 37.8. The van der Waals surface area contributed by atoms with Crippen LogP contribution in [0.1, 0.15) is 49.9 Å². The van der Waals surface area contributed by atoms with Gasteiger partial charge in [-0.2, -0.15) is 0 Å². The molecule has 0 radical (unpaired) electrons. The summed E-state index contributed by atoms with van der Waals surface area (Å²) in [7, 11) is 1.15. The number of aromatic hydroxyl groups is 2. The number of rotatable bonds is 5. The molecule has 1 spiro atoms. The molecule has 2 aliphatic heterocycles. The van der Waals surface area contributed by atoms with Gasteiger partial charge in [0.15, 0.2) is 11.5 Å². The van der Waals surface area contributed by atoms with E-state index in [1.807, 2.05) is 19.9 Å². The topological polar surface area (TPSA) is 142 Å². The fraction of sp³-hybridized carbons (Fsp3) is 0.560. The third-order valence-electron chi connectivity index (χ3n) is 8.83. The molecule has 6 rings (SSSR count). The fourth-order valence-electron chi connectivity index (χ4n) is 7.15. The first kappa shape index (κ1) is 22.9. The molecule has 4 N–H and O–H groups in total. The number of aliphatic hydroxyl groups excluding tert-OH is 1. The molecule has 1 aromatic rings. The highest BCUT2D eigenvalue weighted by atomic mass is 16.5. The number of phenols is 2. The van der Waals surface area contributed by atoms with Crippen molar-refractivity contribution in [1.82, 2.24) is 0 Å². The highest BCUT2D eigenvalue weighted by Crippen LogP contribution is 2.71. The van der Waals surface area contributed by atoms with Crippen LogP contribution in [0.25, 0.3) is 0 Å². The minimum absolute atomic E-state index is 0.0759. The Morgan fingerprint density at radius 3 is 2.68 bits per heavy atom. The molecule has 2 saturated carbocycles. The lowest BCUT2D eigenvalue weighted by Crippen LogP contribution is -2.62. The van der Waals surface area contributed by atoms with Crippen LogP contribution >= 0.6 is 0 Å². The van der Waals surface area contributed by atoms with E-state index in [4.69, 9.17) is 4.74 Å². The first-order chi connectivity index (χ1) is 16.0. The molecular formula is C25H29NO8. The number of carbonyl (C=O) groups is 3. The number of methoxy groups -OCH3 is 1. The summed E-state index contributed by atoms with van der Waals surface area (Å²) in [5.41, 5.74) is -2.58. The number of allylic oxidation sites excluding steroid dienone is 1. The molecule has 7 atom stereocenters. The average molecular weight is 472 g/mol. The predicted molar refractivity (Wildman–Crippen MR) is 119 cm³/mol. The van der Waals surface area contributed by atoms with Gasteiger partial charge < -0.3 is 30.1 Å². The molecule has 3 aliphatic carbocycles. The number of carbonyl (C=O) groups excluding carboxylic acids is 3. The predicted octanol–water partition coefficient (Wildman–Crippen LogP) is 2.29. The van der Waals surface area contributed by atoms with Crippen molar-refractivity contribution in [2.45, 2.75) is 57.3 Å². The maximum absolute atomic E-state index is 13.1. The Hall–Kier alpha value is -2.91. The minimum Gasteiger partial charge on any atom is -0.506 e. The largest absolute Gasteiger partial charge is 0.506 e. The van der Waals surface area contributed by atoms with E-state index in [0.717, 1.165) is 20.0 Å². The molecule has 0 aromatic heterocycles. The average Bonchev–Trinajstić information content (AvgIpc) is 3.14. The van der Waals surface area contributed by atoms with Crippen molar-refractivity contribution >= 4 is 23.3 Å². The molecular weight excluding hydrogens is 442 g/mol. The Bertz CT molecular complexity index is 1130. The zero-order chi connectivity index (χ0) is 24.6. The monoisotopic (exact) mass is 471 g/mol. The molecule has 9 heteroatoms. The molecule has 1 amide bonds. The van der Waals surface area contributed by atoms with Gasteiger partial charge in [-0.3, -0.25) is 9.59 Å². The molecule has 5 aliphatic rings. The van der Waals surface area contributed by atoms with Crippen LogP contribution in [0.2, 0.25) is 0 Å². The zero-order valence-corrected chi connectivity index (χ0v) is 19.3. The number of benzene rings is 1. The summed E-state index contributed by atoms with van der Waals surface area (Å²) >= 11 is 0. The number of ketones is 1. The highest BCUT2D eigenvalue weighted by molar-refractivity contribution is 6.01. The summed E-state index contributed by atoms with van der Waals surface area (Å²) in [5, 5.41) is 34.2. The third kappa shape index (κ3) is 2.83. The number of nitrogens with one attached hydrogen (secondary N) is 1. The number of anilines is 1. The van der Waals surface area contributed by atoms with Gasteiger partial charge in [-0.25, -0.2) is 4.79 Å². The minimum atomic E-state index is -0.924. The summed E-state index contributed by atoms with van der Waals surface area (Å²) < 4.78 is 10.9. The molecule has 34 heavy (non-hydrogen) atoms. The number of hydrogen-bond acceptors (Lipinski definition) is 8. The molecule has 2 saturated heterocycles. The molecule has 2 heterocycles. The van der Waals surface area contributed by atoms with Gasteiger partial charge in [0.05, 0.1) is 24.9 Å². The van der Waals surface area contributed by atoms with Crippen molar-refractivity contribution in [1.29, 1.82) is 0 Å². The van der Waals surface area contributed by atoms with Gasteiger partial charge in [0.1, 0.15) is 17.0 Å². The van der Waals surface area contributed by atoms with Gasteiger partial charge >= 0.3 is 5.97 Å². The SMILES string of the molecule is COC(=O)c1ccc(O)c(NC(=O)CC[C@]2(C)C(=O)C=C[C@]34C[C@H]5C[C@H](O[C@@]5(C)[C@@H]3O)C24)c1O. The second-order valence-electron chi connectivity index (χ2n) is 10.5. The molecule has 4 fully saturated rings. The van der Waals surface area contributed by atoms with Crippen molar-refractivity contribution < 1.29 is 39.2 Å². The maximum atomic E-state index is 13.1. The van der Waals surface area contributed by atoms with E-state index in [-0.39, 0.29) is 47.8 Å². The van der Waals surface area contributed by atoms with Crippen LogP contribution in [0.4, 0.5) is 5.69 Å².